The van der Waals surface area contributed by atoms with E-state index in [4.69, 9.17) is 11.6 Å². The van der Waals surface area contributed by atoms with E-state index in [2.05, 4.69) is 5.32 Å². The van der Waals surface area contributed by atoms with Crippen LogP contribution in [0.3, 0.4) is 0 Å². The predicted molar refractivity (Wildman–Crippen MR) is 97.5 cm³/mol. The first-order chi connectivity index (χ1) is 12.5. The number of hydrogen-bond acceptors (Lipinski definition) is 3. The number of carbonyl (C=O) groups excluding carboxylic acids is 2. The number of carbonyl (C=O) groups is 2. The van der Waals surface area contributed by atoms with Crippen molar-refractivity contribution < 1.29 is 22.8 Å². The maximum absolute atomic E-state index is 12.8. The molecule has 27 heavy (non-hydrogen) atoms. The number of anilines is 1. The second-order valence-corrected chi connectivity index (χ2v) is 7.38. The Labute approximate surface area is 161 Å². The van der Waals surface area contributed by atoms with Crippen molar-refractivity contribution in [3.8, 4) is 0 Å². The van der Waals surface area contributed by atoms with Crippen LogP contribution >= 0.6 is 11.6 Å². The summed E-state index contributed by atoms with van der Waals surface area (Å²) in [6.07, 6.45) is -2.78. The molecule has 9 heteroatoms. The van der Waals surface area contributed by atoms with Crippen LogP contribution in [0.5, 0.6) is 0 Å². The first-order valence-corrected chi connectivity index (χ1v) is 9.03. The Bertz CT molecular complexity index is 663. The van der Waals surface area contributed by atoms with E-state index in [-0.39, 0.29) is 24.9 Å². The van der Waals surface area contributed by atoms with Gasteiger partial charge in [-0.3, -0.25) is 14.5 Å². The van der Waals surface area contributed by atoms with Crippen LogP contribution in [0, 0.1) is 5.92 Å². The van der Waals surface area contributed by atoms with Crippen molar-refractivity contribution in [1.82, 2.24) is 9.80 Å². The molecule has 1 atom stereocenters. The maximum atomic E-state index is 12.8. The molecule has 0 aromatic heterocycles. The van der Waals surface area contributed by atoms with E-state index in [9.17, 15) is 22.8 Å². The Hall–Kier alpha value is -1.80. The van der Waals surface area contributed by atoms with Gasteiger partial charge in [-0.15, -0.1) is 0 Å². The number of rotatable bonds is 8. The molecule has 1 aliphatic rings. The summed E-state index contributed by atoms with van der Waals surface area (Å²) in [5.41, 5.74) is 0.546. The molecule has 1 aromatic carbocycles. The van der Waals surface area contributed by atoms with Gasteiger partial charge < -0.3 is 10.2 Å². The lowest BCUT2D eigenvalue weighted by atomic mass is 10.1. The highest BCUT2D eigenvalue weighted by Gasteiger charge is 2.40. The minimum absolute atomic E-state index is 0.119. The first-order valence-electron chi connectivity index (χ1n) is 8.65. The monoisotopic (exact) mass is 405 g/mol. The molecule has 5 nitrogen and oxygen atoms in total. The van der Waals surface area contributed by atoms with Gasteiger partial charge in [0.05, 0.1) is 13.1 Å². The maximum Gasteiger partial charge on any atom is 0.406 e. The van der Waals surface area contributed by atoms with Gasteiger partial charge in [0.1, 0.15) is 6.54 Å². The van der Waals surface area contributed by atoms with Crippen LogP contribution in [0.4, 0.5) is 18.9 Å². The number of alkyl halides is 3. The van der Waals surface area contributed by atoms with Crippen LogP contribution in [0.15, 0.2) is 24.3 Å². The van der Waals surface area contributed by atoms with Crippen molar-refractivity contribution in [3.05, 3.63) is 29.3 Å². The van der Waals surface area contributed by atoms with E-state index in [0.717, 1.165) is 17.7 Å². The molecule has 2 amide bonds. The van der Waals surface area contributed by atoms with E-state index >= 15 is 0 Å². The van der Waals surface area contributed by atoms with E-state index in [1.165, 1.54) is 11.9 Å². The van der Waals surface area contributed by atoms with Gasteiger partial charge >= 0.3 is 6.18 Å². The van der Waals surface area contributed by atoms with Gasteiger partial charge in [0, 0.05) is 16.8 Å². The number of benzene rings is 1. The van der Waals surface area contributed by atoms with Crippen LogP contribution in [-0.2, 0) is 9.59 Å². The summed E-state index contributed by atoms with van der Waals surface area (Å²) in [5, 5.41) is 3.18. The van der Waals surface area contributed by atoms with Crippen molar-refractivity contribution in [3.63, 3.8) is 0 Å². The van der Waals surface area contributed by atoms with Crippen LogP contribution in [-0.4, -0.2) is 60.5 Å². The molecule has 0 saturated heterocycles. The van der Waals surface area contributed by atoms with Crippen molar-refractivity contribution in [2.75, 3.05) is 32.0 Å². The normalized spacial score (nSPS) is 15.5. The molecule has 0 spiro atoms. The fourth-order valence-electron chi connectivity index (χ4n) is 2.84. The number of amides is 2. The topological polar surface area (TPSA) is 52.7 Å². The second-order valence-electron chi connectivity index (χ2n) is 6.94. The van der Waals surface area contributed by atoms with Crippen LogP contribution in [0.2, 0.25) is 5.02 Å². The summed E-state index contributed by atoms with van der Waals surface area (Å²) in [6, 6.07) is 6.05. The number of likely N-dealkylation sites (N-methyl/N-ethyl adjacent to an activating group) is 1. The molecule has 1 N–H and O–H groups in total. The minimum Gasteiger partial charge on any atom is -0.329 e. The third-order valence-corrected chi connectivity index (χ3v) is 4.66. The van der Waals surface area contributed by atoms with Gasteiger partial charge in [-0.05, 0) is 57.0 Å². The lowest BCUT2D eigenvalue weighted by molar-refractivity contribution is -0.166. The number of halogens is 4. The summed E-state index contributed by atoms with van der Waals surface area (Å²) in [6.45, 7) is -0.00390. The summed E-state index contributed by atoms with van der Waals surface area (Å²) < 4.78 is 38.5. The zero-order valence-electron chi connectivity index (χ0n) is 15.2. The Morgan fingerprint density at radius 3 is 2.33 bits per heavy atom. The van der Waals surface area contributed by atoms with E-state index in [0.29, 0.717) is 10.7 Å². The Balaban J connectivity index is 1.89. The molecule has 1 aliphatic carbocycles. The first kappa shape index (κ1) is 21.5. The molecule has 1 saturated carbocycles. The Kier molecular flexibility index (Phi) is 7.11. The SMILES string of the molecule is C[C@@H](C1CC1)N(CC(F)(F)F)C(=O)CN(C)CC(=O)Nc1ccc(Cl)cc1. The zero-order valence-corrected chi connectivity index (χ0v) is 16.0. The second kappa shape index (κ2) is 8.93. The highest BCUT2D eigenvalue weighted by molar-refractivity contribution is 6.30. The summed E-state index contributed by atoms with van der Waals surface area (Å²) in [4.78, 5) is 26.7. The molecule has 1 fully saturated rings. The molecule has 0 radical (unpaired) electrons. The molecular formula is C18H23ClF3N3O2. The van der Waals surface area contributed by atoms with E-state index in [1.54, 1.807) is 31.2 Å². The average molecular weight is 406 g/mol. The number of nitrogens with one attached hydrogen (secondary N) is 1. The van der Waals surface area contributed by atoms with Gasteiger partial charge in [0.25, 0.3) is 0 Å². The lowest BCUT2D eigenvalue weighted by Crippen LogP contribution is -2.49. The summed E-state index contributed by atoms with van der Waals surface area (Å²) in [7, 11) is 1.52. The van der Waals surface area contributed by atoms with E-state index < -0.39 is 24.7 Å². The molecule has 0 bridgehead atoms. The lowest BCUT2D eigenvalue weighted by Gasteiger charge is -2.31. The van der Waals surface area contributed by atoms with Crippen molar-refractivity contribution in [2.24, 2.45) is 5.92 Å². The molecule has 0 heterocycles. The molecular weight excluding hydrogens is 383 g/mol. The predicted octanol–water partition coefficient (Wildman–Crippen LogP) is 3.40. The third kappa shape index (κ3) is 7.38. The third-order valence-electron chi connectivity index (χ3n) is 4.41. The van der Waals surface area contributed by atoms with Gasteiger partial charge in [0.2, 0.25) is 11.8 Å². The van der Waals surface area contributed by atoms with Gasteiger partial charge in [-0.2, -0.15) is 13.2 Å². The fraction of sp³-hybridized carbons (Fsp3) is 0.556. The fourth-order valence-corrected chi connectivity index (χ4v) is 2.97. The van der Waals surface area contributed by atoms with Crippen molar-refractivity contribution in [2.45, 2.75) is 32.0 Å². The molecule has 2 rings (SSSR count). The largest absolute Gasteiger partial charge is 0.406 e. The van der Waals surface area contributed by atoms with Gasteiger partial charge in [-0.1, -0.05) is 11.6 Å². The van der Waals surface area contributed by atoms with Crippen LogP contribution < -0.4 is 5.32 Å². The quantitative estimate of drug-likeness (QED) is 0.721. The molecule has 0 aliphatic heterocycles. The van der Waals surface area contributed by atoms with Gasteiger partial charge in [0.15, 0.2) is 0 Å². The van der Waals surface area contributed by atoms with Crippen molar-refractivity contribution in [1.29, 1.82) is 0 Å². The number of nitrogens with zero attached hydrogens (tertiary/aromatic N) is 2. The van der Waals surface area contributed by atoms with Crippen LogP contribution in [0.1, 0.15) is 19.8 Å². The highest BCUT2D eigenvalue weighted by atomic mass is 35.5. The standard InChI is InChI=1S/C18H23ClF3N3O2/c1-12(13-3-4-13)25(11-18(20,21)22)17(27)10-24(2)9-16(26)23-15-7-5-14(19)6-8-15/h5-8,12-13H,3-4,9-11H2,1-2H3,(H,23,26)/t12-/m0/s1. The molecule has 0 unspecified atom stereocenters. The molecule has 1 aromatic rings. The zero-order chi connectivity index (χ0) is 20.2. The molecule has 150 valence electrons. The van der Waals surface area contributed by atoms with Crippen molar-refractivity contribution >= 4 is 29.1 Å². The Morgan fingerprint density at radius 2 is 1.81 bits per heavy atom. The highest BCUT2D eigenvalue weighted by Crippen LogP contribution is 2.36. The minimum atomic E-state index is -4.46. The smallest absolute Gasteiger partial charge is 0.329 e. The number of hydrogen-bond donors (Lipinski definition) is 1. The van der Waals surface area contributed by atoms with Gasteiger partial charge in [-0.25, -0.2) is 0 Å². The summed E-state index contributed by atoms with van der Waals surface area (Å²) in [5.74, 6) is -0.881. The van der Waals surface area contributed by atoms with Crippen LogP contribution in [0.25, 0.3) is 0 Å². The summed E-state index contributed by atoms with van der Waals surface area (Å²) >= 11 is 5.77. The average Bonchev–Trinajstić information content (AvgIpc) is 3.38. The Morgan fingerprint density at radius 1 is 1.22 bits per heavy atom. The van der Waals surface area contributed by atoms with E-state index in [1.807, 2.05) is 0 Å².